The molecule has 0 aliphatic heterocycles. The zero-order valence-electron chi connectivity index (χ0n) is 17.1. The van der Waals surface area contributed by atoms with Gasteiger partial charge in [-0.2, -0.15) is 0 Å². The zero-order chi connectivity index (χ0) is 20.3. The highest BCUT2D eigenvalue weighted by Gasteiger charge is 2.18. The number of rotatable bonds is 5. The number of carbonyl (C=O) groups excluding carboxylic acids is 1. The Morgan fingerprint density at radius 3 is 2.61 bits per heavy atom. The number of benzene rings is 1. The second kappa shape index (κ2) is 7.92. The fourth-order valence-electron chi connectivity index (χ4n) is 2.98. The van der Waals surface area contributed by atoms with Crippen LogP contribution in [0.25, 0.3) is 0 Å². The molecule has 1 N–H and O–H groups in total. The van der Waals surface area contributed by atoms with Gasteiger partial charge in [0.15, 0.2) is 0 Å². The molecule has 0 fully saturated rings. The minimum absolute atomic E-state index is 0.106. The Morgan fingerprint density at radius 1 is 1.18 bits per heavy atom. The second-order valence-corrected chi connectivity index (χ2v) is 8.20. The quantitative estimate of drug-likeness (QED) is 0.726. The molecule has 0 radical (unpaired) electrons. The van der Waals surface area contributed by atoms with Crippen LogP contribution < -0.4 is 5.32 Å². The van der Waals surface area contributed by atoms with E-state index in [4.69, 9.17) is 0 Å². The first-order valence-corrected chi connectivity index (χ1v) is 9.46. The second-order valence-electron chi connectivity index (χ2n) is 8.20. The number of nitrogens with zero attached hydrogens (tertiary/aromatic N) is 4. The maximum Gasteiger partial charge on any atom is 0.274 e. The van der Waals surface area contributed by atoms with Gasteiger partial charge in [-0.25, -0.2) is 4.98 Å². The summed E-state index contributed by atoms with van der Waals surface area (Å²) in [6.07, 6.45) is 2.49. The molecule has 0 bridgehead atoms. The third-order valence-corrected chi connectivity index (χ3v) is 4.76. The Hall–Kier alpha value is -3.02. The van der Waals surface area contributed by atoms with E-state index < -0.39 is 0 Å². The van der Waals surface area contributed by atoms with Gasteiger partial charge in [0.2, 0.25) is 0 Å². The average Bonchev–Trinajstić information content (AvgIpc) is 3.06. The van der Waals surface area contributed by atoms with Crippen molar-refractivity contribution in [1.82, 2.24) is 19.7 Å². The monoisotopic (exact) mass is 377 g/mol. The predicted octanol–water partition coefficient (Wildman–Crippen LogP) is 4.11. The summed E-state index contributed by atoms with van der Waals surface area (Å²) in [5.41, 5.74) is 3.11. The predicted molar refractivity (Wildman–Crippen MR) is 110 cm³/mol. The van der Waals surface area contributed by atoms with Crippen molar-refractivity contribution in [3.8, 4) is 0 Å². The molecule has 3 rings (SSSR count). The molecule has 0 aliphatic rings. The lowest BCUT2D eigenvalue weighted by Gasteiger charge is -2.18. The Morgan fingerprint density at radius 2 is 1.93 bits per heavy atom. The van der Waals surface area contributed by atoms with Crippen LogP contribution in [0, 0.1) is 0 Å². The smallest absolute Gasteiger partial charge is 0.274 e. The number of aryl methyl sites for hydroxylation is 1. The Kier molecular flexibility index (Phi) is 5.58. The summed E-state index contributed by atoms with van der Waals surface area (Å²) in [4.78, 5) is 17.2. The van der Waals surface area contributed by atoms with Gasteiger partial charge in [0.25, 0.3) is 5.91 Å². The molecule has 146 valence electrons. The van der Waals surface area contributed by atoms with E-state index in [0.717, 1.165) is 29.2 Å². The number of aromatic nitrogens is 4. The zero-order valence-corrected chi connectivity index (χ0v) is 17.1. The Balaban J connectivity index is 1.74. The third kappa shape index (κ3) is 4.63. The van der Waals surface area contributed by atoms with Gasteiger partial charge in [-0.1, -0.05) is 45.9 Å². The molecular weight excluding hydrogens is 350 g/mol. The van der Waals surface area contributed by atoms with E-state index in [9.17, 15) is 4.79 Å². The average molecular weight is 377 g/mol. The van der Waals surface area contributed by atoms with Crippen LogP contribution in [0.15, 0.2) is 48.8 Å². The summed E-state index contributed by atoms with van der Waals surface area (Å²) in [5.74, 6) is 0.983. The Bertz CT molecular complexity index is 971. The molecule has 2 heterocycles. The largest absolute Gasteiger partial charge is 0.321 e. The normalized spacial score (nSPS) is 12.6. The lowest BCUT2D eigenvalue weighted by atomic mass is 9.91. The van der Waals surface area contributed by atoms with Crippen LogP contribution in [0.3, 0.4) is 0 Å². The summed E-state index contributed by atoms with van der Waals surface area (Å²) in [7, 11) is 1.94. The molecule has 0 saturated carbocycles. The van der Waals surface area contributed by atoms with Gasteiger partial charge in [0, 0.05) is 30.3 Å². The van der Waals surface area contributed by atoms with E-state index in [-0.39, 0.29) is 17.2 Å². The number of nitrogens with one attached hydrogen (secondary N) is 1. The maximum absolute atomic E-state index is 12.7. The van der Waals surface area contributed by atoms with Crippen LogP contribution in [-0.2, 0) is 18.9 Å². The molecule has 28 heavy (non-hydrogen) atoms. The summed E-state index contributed by atoms with van der Waals surface area (Å²) < 4.78 is 1.93. The number of carbonyl (C=O) groups is 1. The Labute approximate surface area is 166 Å². The first-order chi connectivity index (χ1) is 13.2. The van der Waals surface area contributed by atoms with Crippen molar-refractivity contribution < 1.29 is 4.79 Å². The van der Waals surface area contributed by atoms with E-state index in [2.05, 4.69) is 54.3 Å². The van der Waals surface area contributed by atoms with Gasteiger partial charge in [-0.3, -0.25) is 4.79 Å². The van der Waals surface area contributed by atoms with E-state index in [1.54, 1.807) is 12.4 Å². The highest BCUT2D eigenvalue weighted by atomic mass is 16.1. The van der Waals surface area contributed by atoms with Crippen molar-refractivity contribution in [2.75, 3.05) is 5.32 Å². The first-order valence-electron chi connectivity index (χ1n) is 9.46. The van der Waals surface area contributed by atoms with Gasteiger partial charge in [0.1, 0.15) is 17.8 Å². The van der Waals surface area contributed by atoms with E-state index in [1.165, 1.54) is 0 Å². The van der Waals surface area contributed by atoms with Gasteiger partial charge in [0.05, 0.1) is 0 Å². The molecule has 1 amide bonds. The number of anilines is 1. The van der Waals surface area contributed by atoms with E-state index in [0.29, 0.717) is 5.69 Å². The molecule has 0 aliphatic carbocycles. The standard InChI is InChI=1S/C22H27N5O/c1-15(12-20-26-23-14-27(20)5)16-8-6-9-17(13-16)24-21(28)18-10-7-11-19(25-18)22(2,3)4/h6-11,13-15H,12H2,1-5H3,(H,24,28)/t15-/m1/s1. The summed E-state index contributed by atoms with van der Waals surface area (Å²) in [5, 5.41) is 11.1. The molecule has 1 aromatic carbocycles. The molecule has 6 heteroatoms. The number of hydrogen-bond acceptors (Lipinski definition) is 4. The number of hydrogen-bond donors (Lipinski definition) is 1. The van der Waals surface area contributed by atoms with E-state index >= 15 is 0 Å². The molecule has 1 atom stereocenters. The van der Waals surface area contributed by atoms with Crippen molar-refractivity contribution in [1.29, 1.82) is 0 Å². The van der Waals surface area contributed by atoms with Gasteiger partial charge in [-0.15, -0.1) is 10.2 Å². The highest BCUT2D eigenvalue weighted by Crippen LogP contribution is 2.23. The van der Waals surface area contributed by atoms with Crippen LogP contribution in [-0.4, -0.2) is 25.7 Å². The third-order valence-electron chi connectivity index (χ3n) is 4.76. The molecule has 0 spiro atoms. The van der Waals surface area contributed by atoms with Crippen molar-refractivity contribution in [2.45, 2.75) is 45.4 Å². The van der Waals surface area contributed by atoms with Gasteiger partial charge in [-0.05, 0) is 35.7 Å². The van der Waals surface area contributed by atoms with Crippen molar-refractivity contribution in [3.05, 3.63) is 71.6 Å². The lowest BCUT2D eigenvalue weighted by molar-refractivity contribution is 0.102. The molecule has 2 aromatic heterocycles. The molecule has 0 unspecified atom stereocenters. The van der Waals surface area contributed by atoms with Crippen molar-refractivity contribution >= 4 is 11.6 Å². The van der Waals surface area contributed by atoms with Crippen LogP contribution in [0.4, 0.5) is 5.69 Å². The SMILES string of the molecule is C[C@H](Cc1nncn1C)c1cccc(NC(=O)c2cccc(C(C)(C)C)n2)c1. The molecule has 6 nitrogen and oxygen atoms in total. The lowest BCUT2D eigenvalue weighted by Crippen LogP contribution is -2.19. The highest BCUT2D eigenvalue weighted by molar-refractivity contribution is 6.02. The van der Waals surface area contributed by atoms with Gasteiger partial charge >= 0.3 is 0 Å². The number of pyridine rings is 1. The molecular formula is C22H27N5O. The van der Waals surface area contributed by atoms with Crippen LogP contribution in [0.2, 0.25) is 0 Å². The fourth-order valence-corrected chi connectivity index (χ4v) is 2.98. The maximum atomic E-state index is 12.7. The summed E-state index contributed by atoms with van der Waals surface area (Å²) in [6, 6.07) is 13.5. The minimum atomic E-state index is -0.204. The van der Waals surface area contributed by atoms with Crippen molar-refractivity contribution in [2.24, 2.45) is 7.05 Å². The topological polar surface area (TPSA) is 72.7 Å². The first kappa shape index (κ1) is 19.7. The fraction of sp³-hybridized carbons (Fsp3) is 0.364. The van der Waals surface area contributed by atoms with Crippen LogP contribution >= 0.6 is 0 Å². The minimum Gasteiger partial charge on any atom is -0.321 e. The van der Waals surface area contributed by atoms with Crippen LogP contribution in [0.5, 0.6) is 0 Å². The molecule has 3 aromatic rings. The molecule has 0 saturated heterocycles. The van der Waals surface area contributed by atoms with Crippen LogP contribution in [0.1, 0.15) is 61.2 Å². The number of amides is 1. The van der Waals surface area contributed by atoms with E-state index in [1.807, 2.05) is 41.9 Å². The van der Waals surface area contributed by atoms with Gasteiger partial charge < -0.3 is 9.88 Å². The summed E-state index contributed by atoms with van der Waals surface area (Å²) in [6.45, 7) is 8.39. The summed E-state index contributed by atoms with van der Waals surface area (Å²) >= 11 is 0. The van der Waals surface area contributed by atoms with Crippen molar-refractivity contribution in [3.63, 3.8) is 0 Å².